The molecule has 1 saturated heterocycles. The lowest BCUT2D eigenvalue weighted by Gasteiger charge is -2.34. The van der Waals surface area contributed by atoms with Crippen LogP contribution in [0.15, 0.2) is 41.0 Å². The molecule has 4 heterocycles. The molecule has 1 fully saturated rings. The zero-order valence-electron chi connectivity index (χ0n) is 14.6. The van der Waals surface area contributed by atoms with E-state index in [1.165, 1.54) is 12.1 Å². The molecular formula is C19H18F2N4O2. The van der Waals surface area contributed by atoms with Gasteiger partial charge in [-0.05, 0) is 36.2 Å². The van der Waals surface area contributed by atoms with Gasteiger partial charge < -0.3 is 13.7 Å². The molecule has 1 atom stereocenters. The standard InChI is InChI=1S/C19H18F2N4O2/c20-14-4-3-13(8-15(14)21)9-24-6-5-19(11-24)12-25-17(10-27-19)22-23-18(25)16-2-1-7-26-16/h1-4,7-8H,5-6,9-12H2. The lowest BCUT2D eigenvalue weighted by Crippen LogP contribution is -2.44. The summed E-state index contributed by atoms with van der Waals surface area (Å²) in [6.07, 6.45) is 2.47. The van der Waals surface area contributed by atoms with Gasteiger partial charge in [-0.25, -0.2) is 8.78 Å². The minimum absolute atomic E-state index is 0.338. The Labute approximate surface area is 154 Å². The minimum Gasteiger partial charge on any atom is -0.461 e. The fourth-order valence-electron chi connectivity index (χ4n) is 3.95. The van der Waals surface area contributed by atoms with Crippen molar-refractivity contribution in [1.82, 2.24) is 19.7 Å². The van der Waals surface area contributed by atoms with E-state index >= 15 is 0 Å². The van der Waals surface area contributed by atoms with Crippen LogP contribution in [0.2, 0.25) is 0 Å². The van der Waals surface area contributed by atoms with Gasteiger partial charge in [0.25, 0.3) is 0 Å². The summed E-state index contributed by atoms with van der Waals surface area (Å²) >= 11 is 0. The van der Waals surface area contributed by atoms with Gasteiger partial charge in [-0.15, -0.1) is 10.2 Å². The lowest BCUT2D eigenvalue weighted by molar-refractivity contribution is -0.0822. The second-order valence-electron chi connectivity index (χ2n) is 7.18. The summed E-state index contributed by atoms with van der Waals surface area (Å²) in [6.45, 7) is 3.13. The number of hydrogen-bond donors (Lipinski definition) is 0. The maximum Gasteiger partial charge on any atom is 0.199 e. The van der Waals surface area contributed by atoms with Crippen molar-refractivity contribution in [2.24, 2.45) is 0 Å². The maximum atomic E-state index is 13.5. The highest BCUT2D eigenvalue weighted by molar-refractivity contribution is 5.47. The van der Waals surface area contributed by atoms with Crippen LogP contribution in [0.1, 0.15) is 17.8 Å². The smallest absolute Gasteiger partial charge is 0.199 e. The van der Waals surface area contributed by atoms with Crippen LogP contribution >= 0.6 is 0 Å². The molecule has 8 heteroatoms. The molecule has 140 valence electrons. The molecule has 3 aromatic rings. The third kappa shape index (κ3) is 2.94. The number of nitrogens with zero attached hydrogens (tertiary/aromatic N) is 4. The van der Waals surface area contributed by atoms with Crippen LogP contribution in [0.5, 0.6) is 0 Å². The van der Waals surface area contributed by atoms with Crippen molar-refractivity contribution in [3.8, 4) is 11.6 Å². The fourth-order valence-corrected chi connectivity index (χ4v) is 3.95. The second-order valence-corrected chi connectivity index (χ2v) is 7.18. The molecule has 1 unspecified atom stereocenters. The number of halogens is 2. The summed E-state index contributed by atoms with van der Waals surface area (Å²) < 4.78 is 40.3. The van der Waals surface area contributed by atoms with Gasteiger partial charge in [-0.1, -0.05) is 6.07 Å². The van der Waals surface area contributed by atoms with Gasteiger partial charge in [0.1, 0.15) is 12.2 Å². The first-order chi connectivity index (χ1) is 13.1. The number of ether oxygens (including phenoxy) is 1. The van der Waals surface area contributed by atoms with E-state index in [1.807, 2.05) is 12.1 Å². The number of furan rings is 1. The second kappa shape index (κ2) is 6.24. The highest BCUT2D eigenvalue weighted by atomic mass is 19.2. The minimum atomic E-state index is -0.821. The number of likely N-dealkylation sites (tertiary alicyclic amines) is 1. The molecule has 5 rings (SSSR count). The molecule has 0 amide bonds. The average Bonchev–Trinajstić information content (AvgIpc) is 3.38. The largest absolute Gasteiger partial charge is 0.461 e. The number of rotatable bonds is 3. The number of hydrogen-bond acceptors (Lipinski definition) is 5. The van der Waals surface area contributed by atoms with E-state index < -0.39 is 11.6 Å². The lowest BCUT2D eigenvalue weighted by atomic mass is 10.0. The van der Waals surface area contributed by atoms with Gasteiger partial charge >= 0.3 is 0 Å². The van der Waals surface area contributed by atoms with Crippen molar-refractivity contribution < 1.29 is 17.9 Å². The summed E-state index contributed by atoms with van der Waals surface area (Å²) in [5.74, 6) is 0.538. The van der Waals surface area contributed by atoms with Gasteiger partial charge in [-0.3, -0.25) is 4.90 Å². The SMILES string of the molecule is Fc1ccc(CN2CCC3(C2)Cn2c(nnc2-c2ccco2)CO3)cc1F. The Morgan fingerprint density at radius 2 is 2.04 bits per heavy atom. The Kier molecular flexibility index (Phi) is 3.84. The molecule has 0 saturated carbocycles. The zero-order chi connectivity index (χ0) is 18.4. The van der Waals surface area contributed by atoms with Gasteiger partial charge in [0.2, 0.25) is 0 Å². The molecule has 0 aliphatic carbocycles. The summed E-state index contributed by atoms with van der Waals surface area (Å²) in [5, 5.41) is 8.46. The van der Waals surface area contributed by atoms with Crippen LogP contribution in [0, 0.1) is 11.6 Å². The Bertz CT molecular complexity index is 972. The van der Waals surface area contributed by atoms with E-state index in [0.29, 0.717) is 37.8 Å². The molecule has 6 nitrogen and oxygen atoms in total. The molecule has 2 aromatic heterocycles. The Morgan fingerprint density at radius 3 is 2.85 bits per heavy atom. The van der Waals surface area contributed by atoms with Gasteiger partial charge in [0, 0.05) is 19.6 Å². The molecule has 2 aliphatic rings. The molecular weight excluding hydrogens is 354 g/mol. The third-order valence-electron chi connectivity index (χ3n) is 5.31. The summed E-state index contributed by atoms with van der Waals surface area (Å²) in [5.41, 5.74) is 0.415. The molecule has 1 spiro atoms. The summed E-state index contributed by atoms with van der Waals surface area (Å²) in [4.78, 5) is 2.20. The van der Waals surface area contributed by atoms with E-state index in [0.717, 1.165) is 24.4 Å². The van der Waals surface area contributed by atoms with Crippen LogP contribution in [0.25, 0.3) is 11.6 Å². The highest BCUT2D eigenvalue weighted by Crippen LogP contribution is 2.35. The predicted molar refractivity (Wildman–Crippen MR) is 91.5 cm³/mol. The van der Waals surface area contributed by atoms with Crippen LogP contribution in [-0.2, 0) is 24.4 Å². The fraction of sp³-hybridized carbons (Fsp3) is 0.368. The van der Waals surface area contributed by atoms with Crippen LogP contribution < -0.4 is 0 Å². The van der Waals surface area contributed by atoms with Gasteiger partial charge in [-0.2, -0.15) is 0 Å². The first-order valence-electron chi connectivity index (χ1n) is 8.88. The quantitative estimate of drug-likeness (QED) is 0.708. The van der Waals surface area contributed by atoms with Crippen molar-refractivity contribution in [2.75, 3.05) is 13.1 Å². The number of benzene rings is 1. The Morgan fingerprint density at radius 1 is 1.11 bits per heavy atom. The number of fused-ring (bicyclic) bond motifs is 1. The van der Waals surface area contributed by atoms with E-state index in [2.05, 4.69) is 19.7 Å². The average molecular weight is 372 g/mol. The van der Waals surface area contributed by atoms with Gasteiger partial charge in [0.05, 0.1) is 12.8 Å². The first-order valence-corrected chi connectivity index (χ1v) is 8.88. The summed E-state index contributed by atoms with van der Waals surface area (Å²) in [6, 6.07) is 7.74. The van der Waals surface area contributed by atoms with E-state index in [4.69, 9.17) is 9.15 Å². The first kappa shape index (κ1) is 16.6. The molecule has 0 radical (unpaired) electrons. The van der Waals surface area contributed by atoms with Crippen LogP contribution in [0.4, 0.5) is 8.78 Å². The van der Waals surface area contributed by atoms with E-state index in [9.17, 15) is 8.78 Å². The Balaban J connectivity index is 1.34. The van der Waals surface area contributed by atoms with Crippen LogP contribution in [-0.4, -0.2) is 38.4 Å². The maximum absolute atomic E-state index is 13.5. The van der Waals surface area contributed by atoms with Crippen molar-refractivity contribution >= 4 is 0 Å². The monoisotopic (exact) mass is 372 g/mol. The molecule has 27 heavy (non-hydrogen) atoms. The van der Waals surface area contributed by atoms with Crippen molar-refractivity contribution in [3.05, 3.63) is 59.6 Å². The Hall–Kier alpha value is -2.58. The molecule has 2 aliphatic heterocycles. The van der Waals surface area contributed by atoms with Crippen molar-refractivity contribution in [3.63, 3.8) is 0 Å². The topological polar surface area (TPSA) is 56.3 Å². The number of aromatic nitrogens is 3. The highest BCUT2D eigenvalue weighted by Gasteiger charge is 2.43. The third-order valence-corrected chi connectivity index (χ3v) is 5.31. The van der Waals surface area contributed by atoms with E-state index in [1.54, 1.807) is 12.3 Å². The van der Waals surface area contributed by atoms with Gasteiger partial charge in [0.15, 0.2) is 29.0 Å². The zero-order valence-corrected chi connectivity index (χ0v) is 14.6. The molecule has 0 bridgehead atoms. The molecule has 1 aromatic carbocycles. The van der Waals surface area contributed by atoms with Crippen LogP contribution in [0.3, 0.4) is 0 Å². The summed E-state index contributed by atoms with van der Waals surface area (Å²) in [7, 11) is 0. The van der Waals surface area contributed by atoms with E-state index in [-0.39, 0.29) is 5.60 Å². The van der Waals surface area contributed by atoms with Crippen molar-refractivity contribution in [2.45, 2.75) is 31.7 Å². The predicted octanol–water partition coefficient (Wildman–Crippen LogP) is 2.99. The molecule has 0 N–H and O–H groups in total. The van der Waals surface area contributed by atoms with Crippen molar-refractivity contribution in [1.29, 1.82) is 0 Å². The normalized spacial score (nSPS) is 22.4.